The van der Waals surface area contributed by atoms with E-state index in [1.807, 2.05) is 25.7 Å². The molecule has 3 saturated heterocycles. The van der Waals surface area contributed by atoms with Gasteiger partial charge >= 0.3 is 0 Å². The van der Waals surface area contributed by atoms with E-state index in [2.05, 4.69) is 77.4 Å². The molecule has 0 saturated carbocycles. The molecule has 3 unspecified atom stereocenters. The highest BCUT2D eigenvalue weighted by atomic mass is 32.2. The second-order valence-electron chi connectivity index (χ2n) is 16.1. The van der Waals surface area contributed by atoms with Crippen LogP contribution in [0.5, 0.6) is 11.5 Å². The number of aryl methyl sites for hydroxylation is 1. The zero-order valence-electron chi connectivity index (χ0n) is 33.2. The maximum absolute atomic E-state index is 14.4. The van der Waals surface area contributed by atoms with Crippen molar-refractivity contribution >= 4 is 17.5 Å². The second kappa shape index (κ2) is 14.8. The highest BCUT2D eigenvalue weighted by molar-refractivity contribution is 7.99. The van der Waals surface area contributed by atoms with Crippen molar-refractivity contribution in [3.05, 3.63) is 105 Å². The summed E-state index contributed by atoms with van der Waals surface area (Å²) in [5, 5.41) is 24.0. The van der Waals surface area contributed by atoms with Gasteiger partial charge in [-0.25, -0.2) is 0 Å². The smallest absolute Gasteiger partial charge is 0.231 e. The van der Waals surface area contributed by atoms with E-state index in [4.69, 9.17) is 28.4 Å². The Morgan fingerprint density at radius 3 is 2.42 bits per heavy atom. The number of benzene rings is 3. The lowest BCUT2D eigenvalue weighted by Gasteiger charge is -2.62. The van der Waals surface area contributed by atoms with E-state index in [1.165, 1.54) is 22.3 Å². The van der Waals surface area contributed by atoms with Gasteiger partial charge in [0.15, 0.2) is 41.2 Å². The first kappa shape index (κ1) is 38.2. The van der Waals surface area contributed by atoms with Crippen molar-refractivity contribution in [2.45, 2.75) is 81.4 Å². The van der Waals surface area contributed by atoms with Gasteiger partial charge in [0, 0.05) is 59.7 Å². The zero-order chi connectivity index (χ0) is 39.7. The number of nitriles is 1. The van der Waals surface area contributed by atoms with Crippen LogP contribution in [-0.4, -0.2) is 110 Å². The molecule has 0 amide bonds. The van der Waals surface area contributed by atoms with Crippen molar-refractivity contribution in [1.82, 2.24) is 9.80 Å². The van der Waals surface area contributed by atoms with Crippen molar-refractivity contribution in [2.24, 2.45) is 0 Å². The minimum absolute atomic E-state index is 0.0101. The molecule has 9 rings (SSSR count). The monoisotopic (exact) mass is 791 g/mol. The summed E-state index contributed by atoms with van der Waals surface area (Å²) < 4.78 is 36.3. The lowest BCUT2D eigenvalue weighted by molar-refractivity contribution is -0.152. The van der Waals surface area contributed by atoms with Gasteiger partial charge in [0.2, 0.25) is 6.79 Å². The number of likely N-dealkylation sites (N-methyl/N-ethyl adjacent to an activating group) is 1. The lowest BCUT2D eigenvalue weighted by Crippen LogP contribution is -2.74. The molecule has 3 aromatic rings. The number of nitrogens with zero attached hydrogens (tertiary/aromatic N) is 3. The largest absolute Gasteiger partial charge is 0.493 e. The van der Waals surface area contributed by atoms with Gasteiger partial charge in [-0.15, -0.1) is 0 Å². The molecule has 7 atom stereocenters. The van der Waals surface area contributed by atoms with E-state index in [-0.39, 0.29) is 44.8 Å². The van der Waals surface area contributed by atoms with E-state index < -0.39 is 29.5 Å². The number of hydrogen-bond donors (Lipinski definition) is 1. The Kier molecular flexibility index (Phi) is 9.91. The van der Waals surface area contributed by atoms with Gasteiger partial charge in [0.25, 0.3) is 0 Å². The molecule has 2 aliphatic carbocycles. The van der Waals surface area contributed by atoms with Crippen LogP contribution in [0.1, 0.15) is 60.0 Å². The predicted molar refractivity (Wildman–Crippen MR) is 215 cm³/mol. The fourth-order valence-electron chi connectivity index (χ4n) is 10.6. The van der Waals surface area contributed by atoms with Crippen LogP contribution in [-0.2, 0) is 30.2 Å². The topological polar surface area (TPSA) is 123 Å². The van der Waals surface area contributed by atoms with E-state index in [0.29, 0.717) is 46.5 Å². The van der Waals surface area contributed by atoms with Gasteiger partial charge in [0.1, 0.15) is 6.04 Å². The number of rotatable bonds is 11. The SMILES string of the molecule is COCOc1c(OC)c(C)cc2c1[C@@H]1C3CC4(O)C(=O)C(C)=C5OCOC5=C4[C@H](COC(C)CSCC4c5ccccc5-c5ccccc54)N3[C@@H](C#N)[C@H](C2)N1C. The van der Waals surface area contributed by atoms with Crippen LogP contribution in [0.4, 0.5) is 0 Å². The molecule has 0 spiro atoms. The molecule has 4 heterocycles. The third-order valence-corrected chi connectivity index (χ3v) is 14.3. The molecule has 0 aromatic heterocycles. The first-order valence-electron chi connectivity index (χ1n) is 19.7. The number of piperidine rings is 1. The molecule has 3 fully saturated rings. The molecule has 11 nitrogen and oxygen atoms in total. The van der Waals surface area contributed by atoms with Gasteiger partial charge in [-0.2, -0.15) is 17.0 Å². The zero-order valence-corrected chi connectivity index (χ0v) is 34.1. The number of piperazine rings is 1. The van der Waals surface area contributed by atoms with Crippen molar-refractivity contribution in [3.8, 4) is 28.7 Å². The number of thioether (sulfide) groups is 1. The summed E-state index contributed by atoms with van der Waals surface area (Å²) in [7, 11) is 5.23. The van der Waals surface area contributed by atoms with E-state index >= 15 is 0 Å². The number of carbonyl (C=O) groups is 1. The van der Waals surface area contributed by atoms with Crippen molar-refractivity contribution in [3.63, 3.8) is 0 Å². The van der Waals surface area contributed by atoms with Crippen LogP contribution in [0, 0.1) is 18.3 Å². The van der Waals surface area contributed by atoms with Crippen molar-refractivity contribution in [2.75, 3.05) is 53.0 Å². The third kappa shape index (κ3) is 5.84. The average molecular weight is 792 g/mol. The number of carbonyl (C=O) groups excluding carboxylic acids is 1. The maximum atomic E-state index is 14.4. The van der Waals surface area contributed by atoms with Gasteiger partial charge in [0.05, 0.1) is 38.0 Å². The van der Waals surface area contributed by atoms with Crippen LogP contribution in [0.3, 0.4) is 0 Å². The predicted octanol–water partition coefficient (Wildman–Crippen LogP) is 6.03. The number of hydrogen-bond acceptors (Lipinski definition) is 12. The van der Waals surface area contributed by atoms with Gasteiger partial charge < -0.3 is 33.5 Å². The Hall–Kier alpha value is -4.35. The molecule has 2 bridgehead atoms. The van der Waals surface area contributed by atoms with Crippen LogP contribution >= 0.6 is 11.8 Å². The van der Waals surface area contributed by atoms with E-state index in [1.54, 1.807) is 21.1 Å². The number of fused-ring (bicyclic) bond motifs is 11. The summed E-state index contributed by atoms with van der Waals surface area (Å²) in [6.07, 6.45) is 0.446. The Balaban J connectivity index is 1.06. The van der Waals surface area contributed by atoms with Crippen LogP contribution in [0.15, 0.2) is 77.3 Å². The molecule has 1 N–H and O–H groups in total. The number of aliphatic hydroxyl groups is 1. The lowest BCUT2D eigenvalue weighted by atomic mass is 9.65. The van der Waals surface area contributed by atoms with Gasteiger partial charge in [-0.1, -0.05) is 54.6 Å². The minimum atomic E-state index is -1.92. The Bertz CT molecular complexity index is 2190. The minimum Gasteiger partial charge on any atom is -0.493 e. The number of ketones is 1. The molecule has 298 valence electrons. The molecule has 57 heavy (non-hydrogen) atoms. The molecule has 0 radical (unpaired) electrons. The Morgan fingerprint density at radius 2 is 1.74 bits per heavy atom. The summed E-state index contributed by atoms with van der Waals surface area (Å²) in [6, 6.07) is 19.8. The first-order chi connectivity index (χ1) is 27.6. The summed E-state index contributed by atoms with van der Waals surface area (Å²) >= 11 is 1.86. The molecule has 12 heteroatoms. The standard InChI is InChI=1S/C45H49N3O8S/c1-24-15-27-16-33-35(18-46)48-34(39(47(33)4)37(27)42(40(24)52-6)54-22-51-5)17-45(50)38(43-41(55-23-56-43)26(3)44(45)49)36(48)19-53-25(2)20-57-21-32-30-13-9-7-11-28(30)29-12-8-10-14-31(29)32/h7-15,25,32-36,39,50H,16-17,19-23H2,1-6H3/t25?,33-,34?,35-,36-,39-,45?/m0/s1. The summed E-state index contributed by atoms with van der Waals surface area (Å²) in [4.78, 5) is 18.9. The fourth-order valence-corrected chi connectivity index (χ4v) is 11.8. The number of Topliss-reactive ketones (excluding diaryl/α,β-unsaturated/α-hetero) is 1. The Labute approximate surface area is 338 Å². The van der Waals surface area contributed by atoms with Gasteiger partial charge in [-0.05, 0) is 67.6 Å². The normalized spacial score (nSPS) is 28.0. The summed E-state index contributed by atoms with van der Waals surface area (Å²) in [5.74, 6) is 3.43. The third-order valence-electron chi connectivity index (χ3n) is 13.0. The first-order valence-corrected chi connectivity index (χ1v) is 20.9. The van der Waals surface area contributed by atoms with Crippen LogP contribution in [0.2, 0.25) is 0 Å². The molecular formula is C45H49N3O8S. The van der Waals surface area contributed by atoms with Crippen molar-refractivity contribution < 1.29 is 38.3 Å². The summed E-state index contributed by atoms with van der Waals surface area (Å²) in [5.41, 5.74) is 7.02. The molecule has 6 aliphatic rings. The number of ether oxygens (including phenoxy) is 6. The van der Waals surface area contributed by atoms with E-state index in [0.717, 1.165) is 28.2 Å². The highest BCUT2D eigenvalue weighted by Gasteiger charge is 2.64. The fraction of sp³-hybridized carbons (Fsp3) is 0.467. The van der Waals surface area contributed by atoms with Crippen molar-refractivity contribution in [1.29, 1.82) is 5.26 Å². The van der Waals surface area contributed by atoms with Gasteiger partial charge in [-0.3, -0.25) is 14.6 Å². The second-order valence-corrected chi connectivity index (χ2v) is 17.1. The van der Waals surface area contributed by atoms with E-state index in [9.17, 15) is 15.2 Å². The highest BCUT2D eigenvalue weighted by Crippen LogP contribution is 2.57. The summed E-state index contributed by atoms with van der Waals surface area (Å²) in [6.45, 7) is 5.81. The van der Waals surface area contributed by atoms with Crippen LogP contribution < -0.4 is 9.47 Å². The quantitative estimate of drug-likeness (QED) is 0.228. The molecular weight excluding hydrogens is 743 g/mol. The Morgan fingerprint density at radius 1 is 1.04 bits per heavy atom. The molecule has 3 aromatic carbocycles. The number of methoxy groups -OCH3 is 2. The van der Waals surface area contributed by atoms with Crippen LogP contribution in [0.25, 0.3) is 11.1 Å². The molecule has 4 aliphatic heterocycles. The maximum Gasteiger partial charge on any atom is 0.231 e. The average Bonchev–Trinajstić information content (AvgIpc) is 3.82.